The third-order valence-corrected chi connectivity index (χ3v) is 2.29. The highest BCUT2D eigenvalue weighted by atomic mass is 19.3. The number of hydrogen-bond acceptors (Lipinski definition) is 2. The number of rotatable bonds is 5. The van der Waals surface area contributed by atoms with Gasteiger partial charge in [0, 0.05) is 11.6 Å². The molecule has 3 nitrogen and oxygen atoms in total. The zero-order chi connectivity index (χ0) is 12.1. The van der Waals surface area contributed by atoms with Crippen LogP contribution < -0.4 is 5.32 Å². The molecule has 0 aliphatic rings. The topological polar surface area (TPSA) is 49.3 Å². The first-order chi connectivity index (χ1) is 7.52. The summed E-state index contributed by atoms with van der Waals surface area (Å²) in [5.41, 5.74) is 0.516. The maximum absolute atomic E-state index is 12.4. The zero-order valence-electron chi connectivity index (χ0n) is 8.73. The molecule has 2 unspecified atom stereocenters. The van der Waals surface area contributed by atoms with E-state index in [0.29, 0.717) is 5.69 Å². The third kappa shape index (κ3) is 3.18. The number of hydrogen-bond donors (Lipinski definition) is 2. The molecule has 0 spiro atoms. The molecule has 1 aromatic carbocycles. The van der Waals surface area contributed by atoms with Crippen molar-refractivity contribution >= 4 is 11.7 Å². The smallest absolute Gasteiger partial charge is 0.326 e. The van der Waals surface area contributed by atoms with Gasteiger partial charge in [-0.2, -0.15) is 0 Å². The molecule has 0 fully saturated rings. The molecular formula is C11H13F2NO2. The zero-order valence-corrected chi connectivity index (χ0v) is 8.73. The standard InChI is InChI=1S/C11H13F2NO2/c1-7(10(12)13)9(11(15)16)14-8-5-3-2-4-6-8/h2-7,9-10,14H,1H3,(H,15,16). The fourth-order valence-electron chi connectivity index (χ4n) is 1.28. The van der Waals surface area contributed by atoms with Crippen LogP contribution in [0.4, 0.5) is 14.5 Å². The van der Waals surface area contributed by atoms with Crippen molar-refractivity contribution in [2.24, 2.45) is 5.92 Å². The van der Waals surface area contributed by atoms with E-state index in [-0.39, 0.29) is 0 Å². The molecule has 1 rings (SSSR count). The van der Waals surface area contributed by atoms with Gasteiger partial charge in [-0.25, -0.2) is 13.6 Å². The van der Waals surface area contributed by atoms with E-state index in [1.54, 1.807) is 30.3 Å². The molecule has 0 bridgehead atoms. The van der Waals surface area contributed by atoms with E-state index in [0.717, 1.165) is 0 Å². The molecule has 88 valence electrons. The first-order valence-electron chi connectivity index (χ1n) is 4.85. The largest absolute Gasteiger partial charge is 0.480 e. The summed E-state index contributed by atoms with van der Waals surface area (Å²) < 4.78 is 24.9. The van der Waals surface area contributed by atoms with Crippen LogP contribution in [0.5, 0.6) is 0 Å². The predicted molar refractivity (Wildman–Crippen MR) is 56.7 cm³/mol. The predicted octanol–water partition coefficient (Wildman–Crippen LogP) is 2.45. The van der Waals surface area contributed by atoms with E-state index in [2.05, 4.69) is 5.32 Å². The quantitative estimate of drug-likeness (QED) is 0.815. The van der Waals surface area contributed by atoms with Crippen LogP contribution in [0.2, 0.25) is 0 Å². The Bertz CT molecular complexity index is 343. The second kappa shape index (κ2) is 5.44. The van der Waals surface area contributed by atoms with Crippen LogP contribution in [-0.4, -0.2) is 23.5 Å². The van der Waals surface area contributed by atoms with Crippen molar-refractivity contribution in [3.05, 3.63) is 30.3 Å². The van der Waals surface area contributed by atoms with Crippen LogP contribution >= 0.6 is 0 Å². The van der Waals surface area contributed by atoms with Crippen LogP contribution in [0.15, 0.2) is 30.3 Å². The normalized spacial score (nSPS) is 14.5. The lowest BCUT2D eigenvalue weighted by Crippen LogP contribution is -2.38. The maximum Gasteiger partial charge on any atom is 0.326 e. The number of alkyl halides is 2. The Morgan fingerprint density at radius 3 is 2.31 bits per heavy atom. The van der Waals surface area contributed by atoms with E-state index in [4.69, 9.17) is 5.11 Å². The fraction of sp³-hybridized carbons (Fsp3) is 0.364. The summed E-state index contributed by atoms with van der Waals surface area (Å²) in [4.78, 5) is 10.9. The SMILES string of the molecule is CC(C(F)F)C(Nc1ccccc1)C(=O)O. The Morgan fingerprint density at radius 1 is 1.31 bits per heavy atom. The van der Waals surface area contributed by atoms with Gasteiger partial charge in [0.25, 0.3) is 0 Å². The number of carbonyl (C=O) groups is 1. The minimum atomic E-state index is -2.67. The second-order valence-electron chi connectivity index (χ2n) is 3.52. The molecule has 0 heterocycles. The van der Waals surface area contributed by atoms with E-state index < -0.39 is 24.4 Å². The van der Waals surface area contributed by atoms with Crippen LogP contribution in [0.25, 0.3) is 0 Å². The van der Waals surface area contributed by atoms with Crippen molar-refractivity contribution in [1.82, 2.24) is 0 Å². The highest BCUT2D eigenvalue weighted by molar-refractivity contribution is 5.77. The van der Waals surface area contributed by atoms with Gasteiger partial charge in [-0.05, 0) is 12.1 Å². The molecule has 0 saturated heterocycles. The Kier molecular flexibility index (Phi) is 4.22. The number of anilines is 1. The third-order valence-electron chi connectivity index (χ3n) is 2.29. The maximum atomic E-state index is 12.4. The number of halogens is 2. The summed E-state index contributed by atoms with van der Waals surface area (Å²) in [5.74, 6) is -2.53. The van der Waals surface area contributed by atoms with Crippen LogP contribution in [0.3, 0.4) is 0 Å². The number of carboxylic acids is 1. The molecule has 0 aliphatic carbocycles. The van der Waals surface area contributed by atoms with Crippen LogP contribution in [0, 0.1) is 5.92 Å². The molecule has 0 saturated carbocycles. The first kappa shape index (κ1) is 12.4. The summed E-state index contributed by atoms with van der Waals surface area (Å²) in [7, 11) is 0. The lowest BCUT2D eigenvalue weighted by molar-refractivity contribution is -0.140. The molecule has 0 aliphatic heterocycles. The lowest BCUT2D eigenvalue weighted by atomic mass is 10.0. The summed E-state index contributed by atoms with van der Waals surface area (Å²) in [6.45, 7) is 1.21. The lowest BCUT2D eigenvalue weighted by Gasteiger charge is -2.21. The molecule has 5 heteroatoms. The Morgan fingerprint density at radius 2 is 1.88 bits per heavy atom. The average molecular weight is 229 g/mol. The summed E-state index contributed by atoms with van der Waals surface area (Å²) in [5, 5.41) is 11.4. The molecule has 2 N–H and O–H groups in total. The number of aliphatic carboxylic acids is 1. The molecule has 0 amide bonds. The van der Waals surface area contributed by atoms with E-state index in [1.165, 1.54) is 6.92 Å². The van der Waals surface area contributed by atoms with E-state index in [1.807, 2.05) is 0 Å². The van der Waals surface area contributed by atoms with Crippen molar-refractivity contribution in [1.29, 1.82) is 0 Å². The number of benzene rings is 1. The number of carboxylic acid groups (broad SMARTS) is 1. The Balaban J connectivity index is 2.77. The van der Waals surface area contributed by atoms with Crippen molar-refractivity contribution < 1.29 is 18.7 Å². The van der Waals surface area contributed by atoms with Crippen molar-refractivity contribution in [2.45, 2.75) is 19.4 Å². The molecule has 2 atom stereocenters. The van der Waals surface area contributed by atoms with Gasteiger partial charge in [-0.15, -0.1) is 0 Å². The Hall–Kier alpha value is -1.65. The monoisotopic (exact) mass is 229 g/mol. The minimum Gasteiger partial charge on any atom is -0.480 e. The van der Waals surface area contributed by atoms with Crippen LogP contribution in [-0.2, 0) is 4.79 Å². The second-order valence-corrected chi connectivity index (χ2v) is 3.52. The fourth-order valence-corrected chi connectivity index (χ4v) is 1.28. The Labute approximate surface area is 92.1 Å². The van der Waals surface area contributed by atoms with Gasteiger partial charge in [0.1, 0.15) is 6.04 Å². The van der Waals surface area contributed by atoms with E-state index >= 15 is 0 Å². The molecule has 16 heavy (non-hydrogen) atoms. The first-order valence-corrected chi connectivity index (χ1v) is 4.85. The van der Waals surface area contributed by atoms with Crippen molar-refractivity contribution in [2.75, 3.05) is 5.32 Å². The molecule has 1 aromatic rings. The highest BCUT2D eigenvalue weighted by Crippen LogP contribution is 2.18. The summed E-state index contributed by atoms with van der Waals surface area (Å²) >= 11 is 0. The van der Waals surface area contributed by atoms with Gasteiger partial charge in [0.2, 0.25) is 6.43 Å². The van der Waals surface area contributed by atoms with Crippen LogP contribution in [0.1, 0.15) is 6.92 Å². The molecule has 0 radical (unpaired) electrons. The van der Waals surface area contributed by atoms with Gasteiger partial charge in [0.15, 0.2) is 0 Å². The van der Waals surface area contributed by atoms with Gasteiger partial charge < -0.3 is 10.4 Å². The van der Waals surface area contributed by atoms with Gasteiger partial charge in [-0.3, -0.25) is 0 Å². The highest BCUT2D eigenvalue weighted by Gasteiger charge is 2.31. The van der Waals surface area contributed by atoms with Gasteiger partial charge in [-0.1, -0.05) is 25.1 Å². The minimum absolute atomic E-state index is 0.516. The number of nitrogens with one attached hydrogen (secondary N) is 1. The average Bonchev–Trinajstić information content (AvgIpc) is 2.26. The van der Waals surface area contributed by atoms with Gasteiger partial charge in [0.05, 0.1) is 0 Å². The molecule has 0 aromatic heterocycles. The number of para-hydroxylation sites is 1. The summed E-state index contributed by atoms with van der Waals surface area (Å²) in [6.07, 6.45) is -2.67. The van der Waals surface area contributed by atoms with Crippen molar-refractivity contribution in [3.8, 4) is 0 Å². The van der Waals surface area contributed by atoms with Gasteiger partial charge >= 0.3 is 5.97 Å². The summed E-state index contributed by atoms with van der Waals surface area (Å²) in [6, 6.07) is 7.14. The van der Waals surface area contributed by atoms with Crippen molar-refractivity contribution in [3.63, 3.8) is 0 Å². The molecular weight excluding hydrogens is 216 g/mol. The van der Waals surface area contributed by atoms with E-state index in [9.17, 15) is 13.6 Å².